The highest BCUT2D eigenvalue weighted by atomic mass is 19.4. The van der Waals surface area contributed by atoms with Crippen molar-refractivity contribution in [3.63, 3.8) is 0 Å². The highest BCUT2D eigenvalue weighted by molar-refractivity contribution is 5.86. The molecule has 1 aliphatic heterocycles. The van der Waals surface area contributed by atoms with Crippen LogP contribution < -0.4 is 10.1 Å². The number of rotatable bonds is 8. The maximum Gasteiger partial charge on any atom is 0.433 e. The molecule has 2 amide bonds. The molecule has 0 aliphatic carbocycles. The van der Waals surface area contributed by atoms with Crippen LogP contribution in [0.5, 0.6) is 5.88 Å². The van der Waals surface area contributed by atoms with Gasteiger partial charge in [-0.15, -0.1) is 0 Å². The van der Waals surface area contributed by atoms with Crippen molar-refractivity contribution in [3.8, 4) is 17.0 Å². The van der Waals surface area contributed by atoms with Gasteiger partial charge in [-0.1, -0.05) is 6.07 Å². The molecule has 0 spiro atoms. The van der Waals surface area contributed by atoms with E-state index in [-0.39, 0.29) is 44.3 Å². The van der Waals surface area contributed by atoms with Gasteiger partial charge in [0.25, 0.3) is 0 Å². The van der Waals surface area contributed by atoms with Gasteiger partial charge in [-0.05, 0) is 17.7 Å². The molecule has 0 unspecified atom stereocenters. The average Bonchev–Trinajstić information content (AvgIpc) is 3.19. The summed E-state index contributed by atoms with van der Waals surface area (Å²) in [6, 6.07) is 3.94. The van der Waals surface area contributed by atoms with Crippen LogP contribution in [0.4, 0.5) is 22.4 Å². The fourth-order valence-electron chi connectivity index (χ4n) is 3.39. The molecule has 0 aromatic carbocycles. The van der Waals surface area contributed by atoms with Crippen LogP contribution in [-0.2, 0) is 22.3 Å². The number of hydrogen-bond donors (Lipinski definition) is 2. The Labute approximate surface area is 191 Å². The molecule has 1 aliphatic rings. The molecule has 2 aromatic rings. The van der Waals surface area contributed by atoms with Crippen molar-refractivity contribution >= 4 is 12.0 Å². The van der Waals surface area contributed by atoms with E-state index in [1.807, 2.05) is 0 Å². The molecule has 1 saturated heterocycles. The summed E-state index contributed by atoms with van der Waals surface area (Å²) in [4.78, 5) is 32.2. The molecule has 3 heterocycles. The Hall–Kier alpha value is -3.48. The van der Waals surface area contributed by atoms with Crippen molar-refractivity contribution in [2.45, 2.75) is 31.4 Å². The maximum atomic E-state index is 13.7. The molecule has 184 valence electrons. The van der Waals surface area contributed by atoms with Crippen LogP contribution in [0.2, 0.25) is 0 Å². The van der Waals surface area contributed by atoms with E-state index in [1.54, 1.807) is 0 Å². The molecule has 3 rings (SSSR count). The van der Waals surface area contributed by atoms with Gasteiger partial charge in [-0.2, -0.15) is 13.2 Å². The first kappa shape index (κ1) is 25.1. The van der Waals surface area contributed by atoms with E-state index >= 15 is 0 Å². The number of pyridine rings is 2. The molecule has 0 bridgehead atoms. The predicted octanol–water partition coefficient (Wildman–Crippen LogP) is 2.89. The molecular formula is C21H22F4N4O5. The summed E-state index contributed by atoms with van der Waals surface area (Å²) in [5, 5.41) is 11.7. The monoisotopic (exact) mass is 486 g/mol. The summed E-state index contributed by atoms with van der Waals surface area (Å²) >= 11 is 0. The zero-order chi connectivity index (χ0) is 24.9. The van der Waals surface area contributed by atoms with Crippen molar-refractivity contribution in [3.05, 3.63) is 41.9 Å². The Morgan fingerprint density at radius 3 is 2.62 bits per heavy atom. The van der Waals surface area contributed by atoms with E-state index in [4.69, 9.17) is 9.47 Å². The fourth-order valence-corrected chi connectivity index (χ4v) is 3.39. The number of nitrogens with zero attached hydrogens (tertiary/aromatic N) is 3. The Bertz CT molecular complexity index is 1020. The SMILES string of the molecule is COCCOc1cc(-c2ccc(C(F)(F)F)nc2)cc(CNC(=O)[C@H]2C[C@H](F)CN2C(=O)O)n1. The van der Waals surface area contributed by atoms with E-state index in [2.05, 4.69) is 15.3 Å². The predicted molar refractivity (Wildman–Crippen MR) is 110 cm³/mol. The van der Waals surface area contributed by atoms with E-state index in [0.717, 1.165) is 17.2 Å². The van der Waals surface area contributed by atoms with E-state index in [1.165, 1.54) is 25.3 Å². The first-order valence-corrected chi connectivity index (χ1v) is 10.2. The van der Waals surface area contributed by atoms with E-state index in [0.29, 0.717) is 11.1 Å². The molecule has 0 saturated carbocycles. The van der Waals surface area contributed by atoms with Crippen molar-refractivity contribution in [1.29, 1.82) is 0 Å². The number of aromatic nitrogens is 2. The Morgan fingerprint density at radius 1 is 1.24 bits per heavy atom. The third-order valence-electron chi connectivity index (χ3n) is 5.02. The van der Waals surface area contributed by atoms with E-state index in [9.17, 15) is 32.3 Å². The van der Waals surface area contributed by atoms with Crippen molar-refractivity contribution in [2.24, 2.45) is 0 Å². The second-order valence-corrected chi connectivity index (χ2v) is 7.46. The number of carbonyl (C=O) groups is 2. The van der Waals surface area contributed by atoms with Crippen LogP contribution in [-0.4, -0.2) is 71.1 Å². The maximum absolute atomic E-state index is 13.7. The van der Waals surface area contributed by atoms with Crippen LogP contribution >= 0.6 is 0 Å². The second kappa shape index (κ2) is 10.6. The summed E-state index contributed by atoms with van der Waals surface area (Å²) in [5.74, 6) is -0.552. The van der Waals surface area contributed by atoms with Gasteiger partial charge < -0.3 is 19.9 Å². The number of methoxy groups -OCH3 is 1. The van der Waals surface area contributed by atoms with Crippen LogP contribution in [0.25, 0.3) is 11.1 Å². The molecular weight excluding hydrogens is 464 g/mol. The van der Waals surface area contributed by atoms with Gasteiger partial charge in [0, 0.05) is 31.4 Å². The van der Waals surface area contributed by atoms with Gasteiger partial charge in [-0.3, -0.25) is 14.7 Å². The number of carbonyl (C=O) groups excluding carboxylic acids is 1. The normalized spacial score (nSPS) is 18.1. The van der Waals surface area contributed by atoms with Crippen LogP contribution in [0.15, 0.2) is 30.5 Å². The second-order valence-electron chi connectivity index (χ2n) is 7.46. The number of hydrogen-bond acceptors (Lipinski definition) is 6. The van der Waals surface area contributed by atoms with Gasteiger partial charge in [0.1, 0.15) is 24.5 Å². The Kier molecular flexibility index (Phi) is 7.87. The van der Waals surface area contributed by atoms with Crippen LogP contribution in [0.3, 0.4) is 0 Å². The minimum atomic E-state index is -4.58. The highest BCUT2D eigenvalue weighted by Gasteiger charge is 2.39. The van der Waals surface area contributed by atoms with Crippen molar-refractivity contribution in [2.75, 3.05) is 26.9 Å². The first-order chi connectivity index (χ1) is 16.1. The smallest absolute Gasteiger partial charge is 0.433 e. The summed E-state index contributed by atoms with van der Waals surface area (Å²) in [6.45, 7) is -0.129. The number of nitrogens with one attached hydrogen (secondary N) is 1. The Morgan fingerprint density at radius 2 is 2.00 bits per heavy atom. The largest absolute Gasteiger partial charge is 0.475 e. The number of halogens is 4. The van der Waals surface area contributed by atoms with Gasteiger partial charge in [0.2, 0.25) is 11.8 Å². The van der Waals surface area contributed by atoms with Gasteiger partial charge >= 0.3 is 12.3 Å². The molecule has 1 fully saturated rings. The molecule has 2 atom stereocenters. The number of ether oxygens (including phenoxy) is 2. The molecule has 2 aromatic heterocycles. The van der Waals surface area contributed by atoms with Crippen molar-refractivity contribution in [1.82, 2.24) is 20.2 Å². The molecule has 9 nitrogen and oxygen atoms in total. The Balaban J connectivity index is 1.80. The molecule has 2 N–H and O–H groups in total. The third-order valence-corrected chi connectivity index (χ3v) is 5.02. The zero-order valence-electron chi connectivity index (χ0n) is 18.0. The quantitative estimate of drug-likeness (QED) is 0.436. The number of likely N-dealkylation sites (tertiary alicyclic amines) is 1. The topological polar surface area (TPSA) is 114 Å². The fraction of sp³-hybridized carbons (Fsp3) is 0.429. The van der Waals surface area contributed by atoms with Crippen LogP contribution in [0.1, 0.15) is 17.8 Å². The summed E-state index contributed by atoms with van der Waals surface area (Å²) < 4.78 is 62.5. The first-order valence-electron chi connectivity index (χ1n) is 10.2. The summed E-state index contributed by atoms with van der Waals surface area (Å²) in [6.07, 6.45) is -6.62. The molecule has 13 heteroatoms. The summed E-state index contributed by atoms with van der Waals surface area (Å²) in [7, 11) is 1.48. The number of amides is 2. The average molecular weight is 486 g/mol. The van der Waals surface area contributed by atoms with Gasteiger partial charge in [0.15, 0.2) is 0 Å². The highest BCUT2D eigenvalue weighted by Crippen LogP contribution is 2.30. The standard InChI is InChI=1S/C21H22F4N4O5/c1-33-4-5-34-18-7-13(12-2-3-17(26-9-12)21(23,24)25)6-15(28-18)10-27-19(30)16-8-14(22)11-29(16)20(31)32/h2-3,6-7,9,14,16H,4-5,8,10-11H2,1H3,(H,27,30)(H,31,32)/t14-,16+/m0/s1. The molecule has 0 radical (unpaired) electrons. The summed E-state index contributed by atoms with van der Waals surface area (Å²) in [5.41, 5.74) is 0.0346. The number of carboxylic acid groups (broad SMARTS) is 1. The number of alkyl halides is 4. The minimum absolute atomic E-state index is 0.135. The lowest BCUT2D eigenvalue weighted by molar-refractivity contribution is -0.141. The van der Waals surface area contributed by atoms with Gasteiger partial charge in [-0.25, -0.2) is 14.2 Å². The lowest BCUT2D eigenvalue weighted by Gasteiger charge is -2.20. The minimum Gasteiger partial charge on any atom is -0.475 e. The van der Waals surface area contributed by atoms with Gasteiger partial charge in [0.05, 0.1) is 25.4 Å². The zero-order valence-corrected chi connectivity index (χ0v) is 18.0. The lowest BCUT2D eigenvalue weighted by atomic mass is 10.1. The van der Waals surface area contributed by atoms with Crippen molar-refractivity contribution < 1.29 is 41.7 Å². The van der Waals surface area contributed by atoms with E-state index < -0.39 is 36.1 Å². The molecule has 34 heavy (non-hydrogen) atoms. The lowest BCUT2D eigenvalue weighted by Crippen LogP contribution is -2.45. The third kappa shape index (κ3) is 6.31. The van der Waals surface area contributed by atoms with Crippen LogP contribution in [0, 0.1) is 0 Å².